The molecule has 1 N–H and O–H groups in total. The highest BCUT2D eigenvalue weighted by molar-refractivity contribution is 9.10. The van der Waals surface area contributed by atoms with Crippen LogP contribution in [0.25, 0.3) is 0 Å². The first-order chi connectivity index (χ1) is 9.88. The number of aliphatic hydroxyl groups is 1. The van der Waals surface area contributed by atoms with Gasteiger partial charge in [0.1, 0.15) is 11.9 Å². The van der Waals surface area contributed by atoms with Gasteiger partial charge in [0, 0.05) is 15.5 Å². The largest absolute Gasteiger partial charge is 0.492 e. The van der Waals surface area contributed by atoms with E-state index in [-0.39, 0.29) is 5.41 Å². The van der Waals surface area contributed by atoms with Gasteiger partial charge < -0.3 is 9.84 Å². The van der Waals surface area contributed by atoms with Crippen LogP contribution < -0.4 is 4.74 Å². The highest BCUT2D eigenvalue weighted by Gasteiger charge is 2.32. The second kappa shape index (κ2) is 5.15. The molecule has 1 unspecified atom stereocenters. The first-order valence-electron chi connectivity index (χ1n) is 7.10. The highest BCUT2D eigenvalue weighted by Crippen LogP contribution is 2.40. The van der Waals surface area contributed by atoms with E-state index in [9.17, 15) is 5.11 Å². The molecule has 2 aromatic carbocycles. The number of halogens is 1. The SMILES string of the molecule is Cc1ccc(Br)c(C(O)c2ccc3c(c2)C(C)(C)CO3)c1. The third-order valence-electron chi connectivity index (χ3n) is 4.08. The second-order valence-electron chi connectivity index (χ2n) is 6.36. The molecule has 2 nitrogen and oxygen atoms in total. The van der Waals surface area contributed by atoms with Crippen molar-refractivity contribution in [1.29, 1.82) is 0 Å². The second-order valence-corrected chi connectivity index (χ2v) is 7.21. The van der Waals surface area contributed by atoms with Crippen molar-refractivity contribution >= 4 is 15.9 Å². The summed E-state index contributed by atoms with van der Waals surface area (Å²) in [6.45, 7) is 7.05. The van der Waals surface area contributed by atoms with Crippen molar-refractivity contribution in [3.63, 3.8) is 0 Å². The predicted molar refractivity (Wildman–Crippen MR) is 87.9 cm³/mol. The molecular weight excluding hydrogens is 328 g/mol. The quantitative estimate of drug-likeness (QED) is 0.866. The fourth-order valence-electron chi connectivity index (χ4n) is 2.76. The smallest absolute Gasteiger partial charge is 0.123 e. The zero-order valence-corrected chi connectivity index (χ0v) is 14.1. The zero-order chi connectivity index (χ0) is 15.2. The Hall–Kier alpha value is -1.32. The minimum absolute atomic E-state index is 0.00506. The standard InChI is InChI=1S/C18H19BrO2/c1-11-4-6-15(19)13(8-11)17(20)12-5-7-16-14(9-12)18(2,3)10-21-16/h4-9,17,20H,10H2,1-3H3. The van der Waals surface area contributed by atoms with Crippen LogP contribution in [0.4, 0.5) is 0 Å². The van der Waals surface area contributed by atoms with Crippen molar-refractivity contribution < 1.29 is 9.84 Å². The summed E-state index contributed by atoms with van der Waals surface area (Å²) in [5.74, 6) is 0.930. The Balaban J connectivity index is 2.03. The number of fused-ring (bicyclic) bond motifs is 1. The van der Waals surface area contributed by atoms with Crippen molar-refractivity contribution in [1.82, 2.24) is 0 Å². The minimum Gasteiger partial charge on any atom is -0.492 e. The van der Waals surface area contributed by atoms with E-state index in [1.165, 1.54) is 5.56 Å². The number of benzene rings is 2. The summed E-state index contributed by atoms with van der Waals surface area (Å²) in [6, 6.07) is 12.0. The van der Waals surface area contributed by atoms with Crippen molar-refractivity contribution in [3.05, 3.63) is 63.1 Å². The number of ether oxygens (including phenoxy) is 1. The van der Waals surface area contributed by atoms with Gasteiger partial charge in [0.2, 0.25) is 0 Å². The van der Waals surface area contributed by atoms with E-state index in [0.29, 0.717) is 6.61 Å². The number of aliphatic hydroxyl groups excluding tert-OH is 1. The Morgan fingerprint density at radius 3 is 2.71 bits per heavy atom. The maximum Gasteiger partial charge on any atom is 0.123 e. The number of aryl methyl sites for hydroxylation is 1. The summed E-state index contributed by atoms with van der Waals surface area (Å²) in [5, 5.41) is 10.7. The molecule has 2 aromatic rings. The molecule has 110 valence electrons. The summed E-state index contributed by atoms with van der Waals surface area (Å²) in [7, 11) is 0. The molecule has 1 heterocycles. The Kier molecular flexibility index (Phi) is 3.58. The van der Waals surface area contributed by atoms with Gasteiger partial charge in [0.15, 0.2) is 0 Å². The van der Waals surface area contributed by atoms with Crippen LogP contribution in [0.3, 0.4) is 0 Å². The molecule has 21 heavy (non-hydrogen) atoms. The molecule has 0 spiro atoms. The van der Waals surface area contributed by atoms with E-state index in [1.54, 1.807) is 0 Å². The van der Waals surface area contributed by atoms with Crippen LogP contribution in [0.2, 0.25) is 0 Å². The van der Waals surface area contributed by atoms with Gasteiger partial charge in [-0.2, -0.15) is 0 Å². The molecule has 0 fully saturated rings. The molecule has 0 aromatic heterocycles. The van der Waals surface area contributed by atoms with Crippen LogP contribution in [0, 0.1) is 6.92 Å². The minimum atomic E-state index is -0.638. The third kappa shape index (κ3) is 2.60. The first-order valence-corrected chi connectivity index (χ1v) is 7.89. The van der Waals surface area contributed by atoms with Gasteiger partial charge in [-0.1, -0.05) is 53.5 Å². The third-order valence-corrected chi connectivity index (χ3v) is 4.81. The predicted octanol–water partition coefficient (Wildman–Crippen LogP) is 4.51. The lowest BCUT2D eigenvalue weighted by Crippen LogP contribution is -2.18. The number of hydrogen-bond donors (Lipinski definition) is 1. The molecule has 0 radical (unpaired) electrons. The summed E-state index contributed by atoms with van der Waals surface area (Å²) >= 11 is 3.53. The fourth-order valence-corrected chi connectivity index (χ4v) is 3.22. The van der Waals surface area contributed by atoms with E-state index in [0.717, 1.165) is 26.9 Å². The zero-order valence-electron chi connectivity index (χ0n) is 12.5. The molecule has 0 saturated heterocycles. The van der Waals surface area contributed by atoms with Gasteiger partial charge in [-0.15, -0.1) is 0 Å². The molecule has 3 heteroatoms. The molecule has 0 saturated carbocycles. The summed E-state index contributed by atoms with van der Waals surface area (Å²) in [5.41, 5.74) is 4.10. The Labute approximate surface area is 133 Å². The van der Waals surface area contributed by atoms with E-state index >= 15 is 0 Å². The average molecular weight is 347 g/mol. The van der Waals surface area contributed by atoms with Crippen LogP contribution in [-0.2, 0) is 5.41 Å². The van der Waals surface area contributed by atoms with Crippen LogP contribution in [0.1, 0.15) is 42.2 Å². The lowest BCUT2D eigenvalue weighted by atomic mass is 9.85. The molecule has 1 atom stereocenters. The lowest BCUT2D eigenvalue weighted by Gasteiger charge is -2.18. The molecule has 1 aliphatic heterocycles. The monoisotopic (exact) mass is 346 g/mol. The summed E-state index contributed by atoms with van der Waals surface area (Å²) in [6.07, 6.45) is -0.638. The lowest BCUT2D eigenvalue weighted by molar-refractivity contribution is 0.219. The molecule has 3 rings (SSSR count). The van der Waals surface area contributed by atoms with Crippen LogP contribution in [0.5, 0.6) is 5.75 Å². The number of rotatable bonds is 2. The fraction of sp³-hybridized carbons (Fsp3) is 0.333. The van der Waals surface area contributed by atoms with Crippen LogP contribution >= 0.6 is 15.9 Å². The topological polar surface area (TPSA) is 29.5 Å². The Morgan fingerprint density at radius 1 is 1.19 bits per heavy atom. The van der Waals surface area contributed by atoms with Crippen molar-refractivity contribution in [2.75, 3.05) is 6.61 Å². The highest BCUT2D eigenvalue weighted by atomic mass is 79.9. The maximum atomic E-state index is 10.7. The molecule has 0 bridgehead atoms. The van der Waals surface area contributed by atoms with E-state index in [2.05, 4.69) is 35.8 Å². The van der Waals surface area contributed by atoms with Gasteiger partial charge in [-0.05, 0) is 36.2 Å². The van der Waals surface area contributed by atoms with E-state index in [1.807, 2.05) is 37.3 Å². The summed E-state index contributed by atoms with van der Waals surface area (Å²) < 4.78 is 6.63. The maximum absolute atomic E-state index is 10.7. The van der Waals surface area contributed by atoms with Crippen LogP contribution in [-0.4, -0.2) is 11.7 Å². The van der Waals surface area contributed by atoms with Crippen molar-refractivity contribution in [3.8, 4) is 5.75 Å². The summed E-state index contributed by atoms with van der Waals surface area (Å²) in [4.78, 5) is 0. The molecule has 0 amide bonds. The van der Waals surface area contributed by atoms with Crippen LogP contribution in [0.15, 0.2) is 40.9 Å². The normalized spacial score (nSPS) is 17.2. The van der Waals surface area contributed by atoms with Gasteiger partial charge in [-0.25, -0.2) is 0 Å². The van der Waals surface area contributed by atoms with E-state index < -0.39 is 6.10 Å². The van der Waals surface area contributed by atoms with Gasteiger partial charge in [0.25, 0.3) is 0 Å². The van der Waals surface area contributed by atoms with Gasteiger partial charge >= 0.3 is 0 Å². The first kappa shape index (κ1) is 14.6. The van der Waals surface area contributed by atoms with Crippen molar-refractivity contribution in [2.45, 2.75) is 32.3 Å². The Bertz CT molecular complexity index is 692. The molecule has 1 aliphatic rings. The number of hydrogen-bond acceptors (Lipinski definition) is 2. The van der Waals surface area contributed by atoms with Crippen molar-refractivity contribution in [2.24, 2.45) is 0 Å². The van der Waals surface area contributed by atoms with E-state index in [4.69, 9.17) is 4.74 Å². The Morgan fingerprint density at radius 2 is 1.95 bits per heavy atom. The van der Waals surface area contributed by atoms with Gasteiger partial charge in [-0.3, -0.25) is 0 Å². The average Bonchev–Trinajstić information content (AvgIpc) is 2.76. The van der Waals surface area contributed by atoms with Gasteiger partial charge in [0.05, 0.1) is 6.61 Å². The molecule has 0 aliphatic carbocycles. The molecular formula is C18H19BrO2.